The monoisotopic (exact) mass is 529 g/mol. The third kappa shape index (κ3) is 7.82. The van der Waals surface area contributed by atoms with E-state index in [1.165, 1.54) is 4.88 Å². The van der Waals surface area contributed by atoms with Gasteiger partial charge in [0.1, 0.15) is 0 Å². The lowest BCUT2D eigenvalue weighted by Gasteiger charge is -2.32. The van der Waals surface area contributed by atoms with E-state index in [4.69, 9.17) is 0 Å². The summed E-state index contributed by atoms with van der Waals surface area (Å²) >= 11 is 1.76. The van der Waals surface area contributed by atoms with Crippen LogP contribution in [0.4, 0.5) is 0 Å². The van der Waals surface area contributed by atoms with Gasteiger partial charge < -0.3 is 10.6 Å². The average Bonchev–Trinajstić information content (AvgIpc) is 3.09. The maximum absolute atomic E-state index is 12.1. The van der Waals surface area contributed by atoms with Crippen molar-refractivity contribution in [3.63, 3.8) is 0 Å². The van der Waals surface area contributed by atoms with E-state index in [1.807, 2.05) is 13.1 Å². The van der Waals surface area contributed by atoms with Gasteiger partial charge in [0.05, 0.1) is 10.8 Å². The van der Waals surface area contributed by atoms with Gasteiger partial charge in [0.15, 0.2) is 5.96 Å². The molecular formula is C17H32IN5O2S2. The molecule has 0 saturated carbocycles. The maximum atomic E-state index is 12.1. The molecule has 27 heavy (non-hydrogen) atoms. The van der Waals surface area contributed by atoms with Crippen LogP contribution >= 0.6 is 35.3 Å². The Bertz CT molecular complexity index is 685. The van der Waals surface area contributed by atoms with Crippen LogP contribution in [0.25, 0.3) is 0 Å². The Morgan fingerprint density at radius 3 is 2.63 bits per heavy atom. The molecule has 2 N–H and O–H groups in total. The molecule has 0 spiro atoms. The number of nitrogens with one attached hydrogen (secondary N) is 2. The fourth-order valence-electron chi connectivity index (χ4n) is 2.97. The van der Waals surface area contributed by atoms with Crippen LogP contribution in [0.5, 0.6) is 0 Å². The normalized spacial score (nSPS) is 16.8. The molecule has 2 heterocycles. The summed E-state index contributed by atoms with van der Waals surface area (Å²) in [6.45, 7) is 5.97. The second-order valence-corrected chi connectivity index (χ2v) is 9.74. The van der Waals surface area contributed by atoms with E-state index in [0.717, 1.165) is 43.2 Å². The molecule has 1 aromatic heterocycles. The van der Waals surface area contributed by atoms with E-state index in [0.29, 0.717) is 19.5 Å². The SMILES string of the molecule is CCCS(=O)(=O)N1CCC(NC(=NC)NCCc2ncc(CC)s2)CC1.I. The van der Waals surface area contributed by atoms with Crippen LogP contribution in [0.15, 0.2) is 11.2 Å². The van der Waals surface area contributed by atoms with Crippen molar-refractivity contribution >= 4 is 51.3 Å². The van der Waals surface area contributed by atoms with Gasteiger partial charge in [-0.3, -0.25) is 4.99 Å². The van der Waals surface area contributed by atoms with Crippen molar-refractivity contribution < 1.29 is 8.42 Å². The van der Waals surface area contributed by atoms with Gasteiger partial charge in [-0.05, 0) is 25.7 Å². The number of halogens is 1. The third-order valence-corrected chi connectivity index (χ3v) is 7.73. The highest BCUT2D eigenvalue weighted by molar-refractivity contribution is 14.0. The predicted octanol–water partition coefficient (Wildman–Crippen LogP) is 2.24. The Labute approximate surface area is 184 Å². The molecule has 1 saturated heterocycles. The number of aliphatic imine (C=N–C) groups is 1. The van der Waals surface area contributed by atoms with Gasteiger partial charge >= 0.3 is 0 Å². The molecule has 0 aromatic carbocycles. The number of aromatic nitrogens is 1. The van der Waals surface area contributed by atoms with Crippen molar-refractivity contribution in [2.24, 2.45) is 4.99 Å². The molecule has 0 aliphatic carbocycles. The number of hydrogen-bond donors (Lipinski definition) is 2. The zero-order valence-corrected chi connectivity index (χ0v) is 20.4. The molecule has 0 radical (unpaired) electrons. The number of aryl methyl sites for hydroxylation is 1. The molecule has 7 nitrogen and oxygen atoms in total. The molecule has 1 fully saturated rings. The van der Waals surface area contributed by atoms with Gasteiger partial charge in [-0.25, -0.2) is 17.7 Å². The third-order valence-electron chi connectivity index (χ3n) is 4.46. The molecule has 2 rings (SSSR count). The van der Waals surface area contributed by atoms with Gasteiger partial charge in [0.2, 0.25) is 10.0 Å². The van der Waals surface area contributed by atoms with Crippen molar-refractivity contribution in [2.45, 2.75) is 52.0 Å². The topological polar surface area (TPSA) is 86.7 Å². The molecule has 1 aliphatic rings. The molecule has 10 heteroatoms. The van der Waals surface area contributed by atoms with Crippen LogP contribution in [0.1, 0.15) is 43.0 Å². The second-order valence-electron chi connectivity index (χ2n) is 6.46. The summed E-state index contributed by atoms with van der Waals surface area (Å²) in [5.41, 5.74) is 0. The van der Waals surface area contributed by atoms with Crippen molar-refractivity contribution in [1.29, 1.82) is 0 Å². The summed E-state index contributed by atoms with van der Waals surface area (Å²) in [7, 11) is -1.32. The van der Waals surface area contributed by atoms with Crippen LogP contribution < -0.4 is 10.6 Å². The average molecular weight is 530 g/mol. The van der Waals surface area contributed by atoms with Crippen LogP contribution in [-0.2, 0) is 22.9 Å². The number of hydrogen-bond acceptors (Lipinski definition) is 5. The highest BCUT2D eigenvalue weighted by Crippen LogP contribution is 2.15. The lowest BCUT2D eigenvalue weighted by Crippen LogP contribution is -2.50. The Kier molecular flexibility index (Phi) is 11.1. The first-order valence-corrected chi connectivity index (χ1v) is 11.8. The van der Waals surface area contributed by atoms with E-state index in [2.05, 4.69) is 27.5 Å². The number of piperidine rings is 1. The summed E-state index contributed by atoms with van der Waals surface area (Å²) in [5.74, 6) is 1.01. The van der Waals surface area contributed by atoms with Gasteiger partial charge in [0, 0.05) is 50.2 Å². The van der Waals surface area contributed by atoms with Gasteiger partial charge in [-0.1, -0.05) is 13.8 Å². The Morgan fingerprint density at radius 1 is 1.37 bits per heavy atom. The molecule has 0 unspecified atom stereocenters. The summed E-state index contributed by atoms with van der Waals surface area (Å²) in [5, 5.41) is 7.88. The Hall–Kier alpha value is -0.460. The molecule has 156 valence electrons. The minimum absolute atomic E-state index is 0. The minimum atomic E-state index is -3.08. The van der Waals surface area contributed by atoms with Crippen molar-refractivity contribution in [3.8, 4) is 0 Å². The summed E-state index contributed by atoms with van der Waals surface area (Å²) < 4.78 is 25.9. The molecular weight excluding hydrogens is 497 g/mol. The van der Waals surface area contributed by atoms with E-state index >= 15 is 0 Å². The number of sulfonamides is 1. The van der Waals surface area contributed by atoms with Gasteiger partial charge in [-0.15, -0.1) is 35.3 Å². The quantitative estimate of drug-likeness (QED) is 0.307. The van der Waals surface area contributed by atoms with Crippen LogP contribution in [0.3, 0.4) is 0 Å². The fraction of sp³-hybridized carbons (Fsp3) is 0.765. The number of rotatable bonds is 8. The summed E-state index contributed by atoms with van der Waals surface area (Å²) in [6, 6.07) is 0.251. The van der Waals surface area contributed by atoms with Crippen LogP contribution in [-0.4, -0.2) is 62.1 Å². The van der Waals surface area contributed by atoms with E-state index in [1.54, 1.807) is 22.7 Å². The number of nitrogens with zero attached hydrogens (tertiary/aromatic N) is 3. The Balaban J connectivity index is 0.00000364. The highest BCUT2D eigenvalue weighted by Gasteiger charge is 2.27. The summed E-state index contributed by atoms with van der Waals surface area (Å²) in [4.78, 5) is 10.0. The molecule has 0 amide bonds. The maximum Gasteiger partial charge on any atom is 0.214 e. The molecule has 0 atom stereocenters. The first kappa shape index (κ1) is 24.6. The van der Waals surface area contributed by atoms with E-state index < -0.39 is 10.0 Å². The number of guanidine groups is 1. The lowest BCUT2D eigenvalue weighted by molar-refractivity contribution is 0.306. The second kappa shape index (κ2) is 12.2. The first-order valence-electron chi connectivity index (χ1n) is 9.37. The number of thiazole rings is 1. The lowest BCUT2D eigenvalue weighted by atomic mass is 10.1. The highest BCUT2D eigenvalue weighted by atomic mass is 127. The fourth-order valence-corrected chi connectivity index (χ4v) is 5.37. The molecule has 0 bridgehead atoms. The zero-order valence-electron chi connectivity index (χ0n) is 16.4. The largest absolute Gasteiger partial charge is 0.356 e. The van der Waals surface area contributed by atoms with Crippen LogP contribution in [0, 0.1) is 0 Å². The minimum Gasteiger partial charge on any atom is -0.356 e. The van der Waals surface area contributed by atoms with Crippen molar-refractivity contribution in [3.05, 3.63) is 16.1 Å². The van der Waals surface area contributed by atoms with E-state index in [9.17, 15) is 8.42 Å². The zero-order chi connectivity index (χ0) is 19.0. The van der Waals surface area contributed by atoms with Crippen molar-refractivity contribution in [1.82, 2.24) is 19.9 Å². The molecule has 1 aromatic rings. The molecule has 1 aliphatic heterocycles. The van der Waals surface area contributed by atoms with Gasteiger partial charge in [-0.2, -0.15) is 0 Å². The standard InChI is InChI=1S/C17H31N5O2S2.HI/c1-4-12-26(23,24)22-10-7-14(8-11-22)21-17(18-3)19-9-6-16-20-13-15(5-2)25-16;/h13-14H,4-12H2,1-3H3,(H2,18,19,21);1H. The van der Waals surface area contributed by atoms with Crippen molar-refractivity contribution in [2.75, 3.05) is 32.4 Å². The van der Waals surface area contributed by atoms with Gasteiger partial charge in [0.25, 0.3) is 0 Å². The van der Waals surface area contributed by atoms with Crippen LogP contribution in [0.2, 0.25) is 0 Å². The Morgan fingerprint density at radius 2 is 2.07 bits per heavy atom. The summed E-state index contributed by atoms with van der Waals surface area (Å²) in [6.07, 6.45) is 6.12. The predicted molar refractivity (Wildman–Crippen MR) is 124 cm³/mol. The smallest absolute Gasteiger partial charge is 0.214 e. The van der Waals surface area contributed by atoms with E-state index in [-0.39, 0.29) is 35.8 Å². The first-order chi connectivity index (χ1) is 12.5.